The lowest BCUT2D eigenvalue weighted by Crippen LogP contribution is -2.34. The van der Waals surface area contributed by atoms with Crippen LogP contribution in [0.4, 0.5) is 0 Å². The molecule has 0 heterocycles. The van der Waals surface area contributed by atoms with Gasteiger partial charge in [0.25, 0.3) is 0 Å². The Hall–Kier alpha value is -0.620. The van der Waals surface area contributed by atoms with Crippen LogP contribution in [-0.2, 0) is 19.7 Å². The van der Waals surface area contributed by atoms with Crippen LogP contribution in [0.5, 0.6) is 0 Å². The molecule has 2 aliphatic carbocycles. The van der Waals surface area contributed by atoms with Crippen LogP contribution < -0.4 is 0 Å². The molecule has 4 atom stereocenters. The molecule has 0 unspecified atom stereocenters. The largest absolute Gasteiger partial charge is 0.229 e. The molecule has 0 N–H and O–H groups in total. The zero-order valence-electron chi connectivity index (χ0n) is 14.0. The maximum absolute atomic E-state index is 12.7. The lowest BCUT2D eigenvalue weighted by atomic mass is 9.93. The third-order valence-corrected chi connectivity index (χ3v) is 8.71. The number of hydrogen-bond acceptors (Lipinski definition) is 4. The van der Waals surface area contributed by atoms with Crippen LogP contribution in [0.1, 0.15) is 46.0 Å². The Morgan fingerprint density at radius 1 is 0.957 bits per heavy atom. The number of allylic oxidation sites excluding steroid dienone is 3. The highest BCUT2D eigenvalue weighted by Crippen LogP contribution is 2.48. The highest BCUT2D eigenvalue weighted by molar-refractivity contribution is 7.94. The Bertz CT molecular complexity index is 659. The van der Waals surface area contributed by atoms with Gasteiger partial charge in [-0.1, -0.05) is 44.9 Å². The van der Waals surface area contributed by atoms with E-state index >= 15 is 0 Å². The van der Waals surface area contributed by atoms with Crippen molar-refractivity contribution >= 4 is 19.7 Å². The molecule has 0 amide bonds. The Balaban J connectivity index is 2.18. The molecule has 1 fully saturated rings. The zero-order valence-corrected chi connectivity index (χ0v) is 15.7. The van der Waals surface area contributed by atoms with E-state index in [-0.39, 0.29) is 29.3 Å². The molecule has 0 saturated heterocycles. The highest BCUT2D eigenvalue weighted by atomic mass is 32.2. The van der Waals surface area contributed by atoms with Crippen molar-refractivity contribution in [2.45, 2.75) is 51.2 Å². The van der Waals surface area contributed by atoms with E-state index in [9.17, 15) is 16.8 Å². The Morgan fingerprint density at radius 2 is 1.57 bits per heavy atom. The van der Waals surface area contributed by atoms with Gasteiger partial charge in [0.15, 0.2) is 19.7 Å². The number of rotatable bonds is 9. The number of fused-ring (bicyclic) bond motifs is 2. The molecule has 0 aromatic heterocycles. The minimum absolute atomic E-state index is 0.0508. The highest BCUT2D eigenvalue weighted by Gasteiger charge is 2.49. The first kappa shape index (κ1) is 18.7. The summed E-state index contributed by atoms with van der Waals surface area (Å²) in [6.07, 6.45) is 9.55. The minimum atomic E-state index is -3.23. The molecule has 2 rings (SSSR count). The second kappa shape index (κ2) is 7.51. The molecule has 2 aliphatic rings. The first-order valence-electron chi connectivity index (χ1n) is 8.61. The van der Waals surface area contributed by atoms with E-state index in [0.717, 1.165) is 19.3 Å². The van der Waals surface area contributed by atoms with E-state index < -0.39 is 24.9 Å². The van der Waals surface area contributed by atoms with Gasteiger partial charge in [0, 0.05) is 11.3 Å². The van der Waals surface area contributed by atoms with Gasteiger partial charge in [-0.3, -0.25) is 0 Å². The predicted octanol–water partition coefficient (Wildman–Crippen LogP) is 3.12. The van der Waals surface area contributed by atoms with Crippen LogP contribution in [-0.4, -0.2) is 33.6 Å². The van der Waals surface area contributed by atoms with E-state index in [4.69, 9.17) is 0 Å². The molecular formula is C17H28O4S2. The second-order valence-corrected chi connectivity index (χ2v) is 11.0. The summed E-state index contributed by atoms with van der Waals surface area (Å²) in [6, 6.07) is 0. The molecule has 0 radical (unpaired) electrons. The van der Waals surface area contributed by atoms with Gasteiger partial charge in [-0.2, -0.15) is 0 Å². The topological polar surface area (TPSA) is 68.3 Å². The lowest BCUT2D eigenvalue weighted by Gasteiger charge is -2.25. The molecule has 0 aromatic rings. The van der Waals surface area contributed by atoms with E-state index in [0.29, 0.717) is 12.8 Å². The summed E-state index contributed by atoms with van der Waals surface area (Å²) < 4.78 is 49.4. The van der Waals surface area contributed by atoms with Crippen molar-refractivity contribution in [1.29, 1.82) is 0 Å². The van der Waals surface area contributed by atoms with Crippen LogP contribution in [0.25, 0.3) is 0 Å². The molecule has 4 nitrogen and oxygen atoms in total. The number of hydrogen-bond donors (Lipinski definition) is 0. The van der Waals surface area contributed by atoms with Crippen LogP contribution in [0.3, 0.4) is 0 Å². The van der Waals surface area contributed by atoms with Crippen LogP contribution in [0, 0.1) is 17.8 Å². The average Bonchev–Trinajstić information content (AvgIpc) is 3.10. The molecule has 23 heavy (non-hydrogen) atoms. The first-order chi connectivity index (χ1) is 10.8. The van der Waals surface area contributed by atoms with Crippen molar-refractivity contribution in [1.82, 2.24) is 0 Å². The van der Waals surface area contributed by atoms with Crippen molar-refractivity contribution in [3.05, 3.63) is 23.6 Å². The summed E-state index contributed by atoms with van der Waals surface area (Å²) in [7, 11) is -6.42. The van der Waals surface area contributed by atoms with Gasteiger partial charge in [-0.25, -0.2) is 16.8 Å². The number of sulfone groups is 2. The Kier molecular flexibility index (Phi) is 6.11. The molecular weight excluding hydrogens is 332 g/mol. The van der Waals surface area contributed by atoms with Gasteiger partial charge in [0.2, 0.25) is 0 Å². The molecule has 0 aromatic carbocycles. The quantitative estimate of drug-likeness (QED) is 0.593. The van der Waals surface area contributed by atoms with E-state index in [2.05, 4.69) is 6.08 Å². The average molecular weight is 361 g/mol. The standard InChI is InChI=1S/C17H28O4S2/c1-3-5-10-22(18,19)12-9-16-14-7-8-15(13-14)17(16)23(20,21)11-6-4-2/h7-9,12,14-17H,3-6,10-11,13H2,1-2H3/b12-9-/t14-,15-,16+,17+/m1/s1. The maximum Gasteiger partial charge on any atom is 0.171 e. The van der Waals surface area contributed by atoms with Gasteiger partial charge in [0.05, 0.1) is 16.8 Å². The SMILES string of the molecule is CCCCS(=O)(=O)/C=C\[C@@H]1[C@@H](S(=O)(=O)CCCC)[C@@H]2C=C[C@@H]1C2. The van der Waals surface area contributed by atoms with Crippen molar-refractivity contribution in [3.63, 3.8) is 0 Å². The van der Waals surface area contributed by atoms with Gasteiger partial charge in [-0.05, 0) is 31.1 Å². The van der Waals surface area contributed by atoms with Crippen molar-refractivity contribution in [2.24, 2.45) is 17.8 Å². The fraction of sp³-hybridized carbons (Fsp3) is 0.765. The predicted molar refractivity (Wildman–Crippen MR) is 94.5 cm³/mol. The van der Waals surface area contributed by atoms with Gasteiger partial charge < -0.3 is 0 Å². The molecule has 6 heteroatoms. The Labute approximate surface area is 140 Å². The molecule has 132 valence electrons. The summed E-state index contributed by atoms with van der Waals surface area (Å²) in [6.45, 7) is 3.93. The van der Waals surface area contributed by atoms with Crippen molar-refractivity contribution in [2.75, 3.05) is 11.5 Å². The maximum atomic E-state index is 12.7. The third kappa shape index (κ3) is 4.47. The summed E-state index contributed by atoms with van der Waals surface area (Å²) in [5.41, 5.74) is 0. The normalized spacial score (nSPS) is 30.5. The van der Waals surface area contributed by atoms with Gasteiger partial charge in [-0.15, -0.1) is 0 Å². The van der Waals surface area contributed by atoms with E-state index in [1.807, 2.05) is 19.9 Å². The summed E-state index contributed by atoms with van der Waals surface area (Å²) in [5.74, 6) is 0.374. The number of unbranched alkanes of at least 4 members (excludes halogenated alkanes) is 2. The second-order valence-electron chi connectivity index (χ2n) is 6.76. The molecule has 2 bridgehead atoms. The fourth-order valence-electron chi connectivity index (χ4n) is 3.68. The minimum Gasteiger partial charge on any atom is -0.229 e. The summed E-state index contributed by atoms with van der Waals surface area (Å²) in [5, 5.41) is 0.825. The van der Waals surface area contributed by atoms with Crippen molar-refractivity contribution in [3.8, 4) is 0 Å². The van der Waals surface area contributed by atoms with Gasteiger partial charge in [0.1, 0.15) is 0 Å². The monoisotopic (exact) mass is 360 g/mol. The zero-order chi connectivity index (χ0) is 17.1. The molecule has 1 saturated carbocycles. The van der Waals surface area contributed by atoms with Crippen molar-refractivity contribution < 1.29 is 16.8 Å². The fourth-order valence-corrected chi connectivity index (χ4v) is 7.40. The van der Waals surface area contributed by atoms with E-state index in [1.54, 1.807) is 6.08 Å². The molecule has 0 aliphatic heterocycles. The van der Waals surface area contributed by atoms with Crippen LogP contribution in [0.2, 0.25) is 0 Å². The van der Waals surface area contributed by atoms with Crippen LogP contribution in [0.15, 0.2) is 23.6 Å². The molecule has 0 spiro atoms. The summed E-state index contributed by atoms with van der Waals surface area (Å²) in [4.78, 5) is 0. The summed E-state index contributed by atoms with van der Waals surface area (Å²) >= 11 is 0. The lowest BCUT2D eigenvalue weighted by molar-refractivity contribution is 0.513. The Morgan fingerprint density at radius 3 is 2.22 bits per heavy atom. The van der Waals surface area contributed by atoms with E-state index in [1.165, 1.54) is 5.41 Å². The first-order valence-corrected chi connectivity index (χ1v) is 12.0. The third-order valence-electron chi connectivity index (χ3n) is 4.93. The van der Waals surface area contributed by atoms with Gasteiger partial charge >= 0.3 is 0 Å². The smallest absolute Gasteiger partial charge is 0.171 e. The van der Waals surface area contributed by atoms with Crippen LogP contribution >= 0.6 is 0 Å².